The summed E-state index contributed by atoms with van der Waals surface area (Å²) in [5.41, 5.74) is 0.854. The fraction of sp³-hybridized carbons (Fsp3) is 0.500. The minimum atomic E-state index is -3.70. The maximum atomic E-state index is 12.2. The highest BCUT2D eigenvalue weighted by atomic mass is 32.2. The number of carboxylic acid groups (broad SMARTS) is 1. The van der Waals surface area contributed by atoms with Gasteiger partial charge in [0.25, 0.3) is 10.0 Å². The number of thiophene rings is 1. The van der Waals surface area contributed by atoms with Crippen molar-refractivity contribution in [1.82, 2.24) is 4.31 Å². The lowest BCUT2D eigenvalue weighted by Gasteiger charge is -2.23. The third-order valence-electron chi connectivity index (χ3n) is 2.14. The number of hydrogen-bond acceptors (Lipinski definition) is 4. The molecule has 1 aromatic heterocycles. The van der Waals surface area contributed by atoms with E-state index in [2.05, 4.69) is 0 Å². The zero-order valence-corrected chi connectivity index (χ0v) is 11.5. The van der Waals surface area contributed by atoms with Crippen LogP contribution in [0, 0.1) is 6.92 Å². The van der Waals surface area contributed by atoms with Gasteiger partial charge in [-0.2, -0.15) is 4.31 Å². The van der Waals surface area contributed by atoms with Crippen molar-refractivity contribution in [3.63, 3.8) is 0 Å². The molecule has 0 radical (unpaired) electrons. The van der Waals surface area contributed by atoms with Gasteiger partial charge in [-0.3, -0.25) is 4.79 Å². The van der Waals surface area contributed by atoms with Gasteiger partial charge in [-0.15, -0.1) is 11.3 Å². The average molecular weight is 277 g/mol. The van der Waals surface area contributed by atoms with Crippen LogP contribution < -0.4 is 0 Å². The summed E-state index contributed by atoms with van der Waals surface area (Å²) in [6.45, 7) is 4.59. The third-order valence-corrected chi connectivity index (χ3v) is 5.69. The van der Waals surface area contributed by atoms with E-state index in [9.17, 15) is 13.2 Å². The van der Waals surface area contributed by atoms with Crippen molar-refractivity contribution in [2.24, 2.45) is 0 Å². The summed E-state index contributed by atoms with van der Waals surface area (Å²) in [6.07, 6.45) is 0. The second-order valence-corrected chi connectivity index (χ2v) is 7.01. The van der Waals surface area contributed by atoms with E-state index in [1.807, 2.05) is 0 Å². The second-order valence-electron chi connectivity index (χ2n) is 3.98. The number of aliphatic carboxylic acids is 1. The molecular formula is C10H15NO4S2. The molecule has 0 saturated heterocycles. The molecule has 0 atom stereocenters. The molecule has 0 spiro atoms. The van der Waals surface area contributed by atoms with Crippen LogP contribution in [0.25, 0.3) is 0 Å². The number of carboxylic acids is 1. The Morgan fingerprint density at radius 1 is 1.53 bits per heavy atom. The van der Waals surface area contributed by atoms with Crippen LogP contribution in [0.2, 0.25) is 0 Å². The predicted molar refractivity (Wildman–Crippen MR) is 65.7 cm³/mol. The van der Waals surface area contributed by atoms with Crippen LogP contribution in [0.1, 0.15) is 19.4 Å². The van der Waals surface area contributed by atoms with Gasteiger partial charge in [0.05, 0.1) is 0 Å². The molecule has 5 nitrogen and oxygen atoms in total. The fourth-order valence-electron chi connectivity index (χ4n) is 1.33. The molecule has 1 N–H and O–H groups in total. The normalized spacial score (nSPS) is 12.3. The van der Waals surface area contributed by atoms with Crippen molar-refractivity contribution in [3.05, 3.63) is 17.0 Å². The van der Waals surface area contributed by atoms with Crippen molar-refractivity contribution < 1.29 is 18.3 Å². The molecule has 1 rings (SSSR count). The van der Waals surface area contributed by atoms with Crippen LogP contribution in [0.15, 0.2) is 15.7 Å². The van der Waals surface area contributed by atoms with Crippen molar-refractivity contribution in [1.29, 1.82) is 0 Å². The van der Waals surface area contributed by atoms with Gasteiger partial charge in [-0.1, -0.05) is 0 Å². The summed E-state index contributed by atoms with van der Waals surface area (Å²) in [6, 6.07) is 1.16. The molecule has 0 amide bonds. The Kier molecular flexibility index (Phi) is 4.29. The van der Waals surface area contributed by atoms with Gasteiger partial charge >= 0.3 is 5.97 Å². The van der Waals surface area contributed by atoms with E-state index in [0.717, 1.165) is 21.2 Å². The molecule has 7 heteroatoms. The highest BCUT2D eigenvalue weighted by molar-refractivity contribution is 7.91. The van der Waals surface area contributed by atoms with Crippen LogP contribution in [0.4, 0.5) is 0 Å². The van der Waals surface area contributed by atoms with Crippen LogP contribution in [-0.2, 0) is 14.8 Å². The first-order valence-electron chi connectivity index (χ1n) is 5.04. The Balaban J connectivity index is 3.13. The van der Waals surface area contributed by atoms with Gasteiger partial charge in [0, 0.05) is 6.04 Å². The smallest absolute Gasteiger partial charge is 0.318 e. The number of aryl methyl sites for hydroxylation is 1. The minimum Gasteiger partial charge on any atom is -0.480 e. The Labute approximate surface area is 105 Å². The second kappa shape index (κ2) is 5.16. The Morgan fingerprint density at radius 3 is 2.47 bits per heavy atom. The first-order valence-corrected chi connectivity index (χ1v) is 7.36. The van der Waals surface area contributed by atoms with E-state index in [-0.39, 0.29) is 4.21 Å². The SMILES string of the molecule is Cc1csc(S(=O)(=O)N(CC(=O)O)C(C)C)c1. The van der Waals surface area contributed by atoms with Gasteiger partial charge in [0.1, 0.15) is 10.8 Å². The minimum absolute atomic E-state index is 0.185. The molecule has 0 aliphatic heterocycles. The summed E-state index contributed by atoms with van der Waals surface area (Å²) in [4.78, 5) is 10.7. The average Bonchev–Trinajstić information content (AvgIpc) is 2.61. The molecule has 1 aromatic rings. The van der Waals surface area contributed by atoms with Crippen molar-refractivity contribution >= 4 is 27.3 Å². The molecule has 0 unspecified atom stereocenters. The molecule has 0 fully saturated rings. The predicted octanol–water partition coefficient (Wildman–Crippen LogP) is 1.54. The fourth-order valence-corrected chi connectivity index (χ4v) is 4.28. The number of hydrogen-bond donors (Lipinski definition) is 1. The van der Waals surface area contributed by atoms with Crippen LogP contribution in [0.5, 0.6) is 0 Å². The molecule has 0 bridgehead atoms. The summed E-state index contributed by atoms with van der Waals surface area (Å²) >= 11 is 1.11. The largest absolute Gasteiger partial charge is 0.480 e. The lowest BCUT2D eigenvalue weighted by molar-refractivity contribution is -0.137. The molecule has 96 valence electrons. The quantitative estimate of drug-likeness (QED) is 0.886. The number of sulfonamides is 1. The van der Waals surface area contributed by atoms with Crippen LogP contribution >= 0.6 is 11.3 Å². The highest BCUT2D eigenvalue weighted by Gasteiger charge is 2.29. The first kappa shape index (κ1) is 14.1. The third kappa shape index (κ3) is 3.27. The van der Waals surface area contributed by atoms with Gasteiger partial charge in [0.2, 0.25) is 0 Å². The van der Waals surface area contributed by atoms with E-state index in [1.165, 1.54) is 0 Å². The summed E-state index contributed by atoms with van der Waals surface area (Å²) < 4.78 is 25.6. The van der Waals surface area contributed by atoms with E-state index in [0.29, 0.717) is 0 Å². The molecule has 0 aromatic carbocycles. The van der Waals surface area contributed by atoms with Crippen LogP contribution in [-0.4, -0.2) is 36.4 Å². The van der Waals surface area contributed by atoms with Crippen molar-refractivity contribution in [2.45, 2.75) is 31.0 Å². The lowest BCUT2D eigenvalue weighted by atomic mass is 10.4. The molecule has 0 aliphatic rings. The maximum absolute atomic E-state index is 12.2. The topological polar surface area (TPSA) is 74.7 Å². The van der Waals surface area contributed by atoms with E-state index in [4.69, 9.17) is 5.11 Å². The summed E-state index contributed by atoms with van der Waals surface area (Å²) in [7, 11) is -3.70. The van der Waals surface area contributed by atoms with Crippen molar-refractivity contribution in [2.75, 3.05) is 6.54 Å². The standard InChI is InChI=1S/C10H15NO4S2/c1-7(2)11(5-9(12)13)17(14,15)10-4-8(3)6-16-10/h4,6-7H,5H2,1-3H3,(H,12,13). The van der Waals surface area contributed by atoms with Crippen molar-refractivity contribution in [3.8, 4) is 0 Å². The van der Waals surface area contributed by atoms with E-state index < -0.39 is 28.6 Å². The molecule has 17 heavy (non-hydrogen) atoms. The molecule has 0 aliphatic carbocycles. The summed E-state index contributed by atoms with van der Waals surface area (Å²) in [5, 5.41) is 10.5. The highest BCUT2D eigenvalue weighted by Crippen LogP contribution is 2.24. The van der Waals surface area contributed by atoms with Crippen LogP contribution in [0.3, 0.4) is 0 Å². The monoisotopic (exact) mass is 277 g/mol. The molecular weight excluding hydrogens is 262 g/mol. The molecule has 0 saturated carbocycles. The van der Waals surface area contributed by atoms with E-state index in [1.54, 1.807) is 32.2 Å². The summed E-state index contributed by atoms with van der Waals surface area (Å²) in [5.74, 6) is -1.16. The Hall–Kier alpha value is -0.920. The Morgan fingerprint density at radius 2 is 2.12 bits per heavy atom. The maximum Gasteiger partial charge on any atom is 0.318 e. The first-order chi connectivity index (χ1) is 7.75. The zero-order valence-electron chi connectivity index (χ0n) is 9.87. The number of carbonyl (C=O) groups is 1. The molecule has 1 heterocycles. The van der Waals surface area contributed by atoms with Gasteiger partial charge in [-0.25, -0.2) is 8.42 Å². The van der Waals surface area contributed by atoms with E-state index >= 15 is 0 Å². The number of rotatable bonds is 5. The Bertz CT molecular complexity index is 504. The number of nitrogens with zero attached hydrogens (tertiary/aromatic N) is 1. The van der Waals surface area contributed by atoms with Gasteiger partial charge in [0.15, 0.2) is 0 Å². The van der Waals surface area contributed by atoms with Gasteiger partial charge in [-0.05, 0) is 37.8 Å². The van der Waals surface area contributed by atoms with Gasteiger partial charge < -0.3 is 5.11 Å². The lowest BCUT2D eigenvalue weighted by Crippen LogP contribution is -2.40. The zero-order chi connectivity index (χ0) is 13.2.